The number of nitrogens with one attached hydrogen (secondary N) is 1. The van der Waals surface area contributed by atoms with Crippen molar-refractivity contribution in [3.05, 3.63) is 0 Å². The van der Waals surface area contributed by atoms with E-state index >= 15 is 0 Å². The average molecular weight is 128 g/mol. The molecule has 5 heteroatoms. The zero-order valence-corrected chi connectivity index (χ0v) is 4.67. The Morgan fingerprint density at radius 1 is 1.56 bits per heavy atom. The fraction of sp³-hybridized carbons (Fsp3) is 0.250. The van der Waals surface area contributed by atoms with E-state index in [1.165, 1.54) is 7.11 Å². The molecule has 48 valence electrons. The summed E-state index contributed by atoms with van der Waals surface area (Å²) in [6.45, 7) is 0. The number of nitrogens with zero attached hydrogens (tertiary/aromatic N) is 1. The summed E-state index contributed by atoms with van der Waals surface area (Å²) in [5.41, 5.74) is 0. The number of amides is 2. The van der Waals surface area contributed by atoms with Crippen molar-refractivity contribution in [2.75, 3.05) is 7.11 Å². The number of hydrogen-bond donors (Lipinski definition) is 1. The standard InChI is InChI=1S/C4H4N2O3/c1-9-4-5-2(7)3(8)6-4/h1H3,(H,5,6,7,8). The highest BCUT2D eigenvalue weighted by Gasteiger charge is 2.23. The first-order valence-corrected chi connectivity index (χ1v) is 2.22. The number of hydrogen-bond acceptors (Lipinski definition) is 3. The van der Waals surface area contributed by atoms with Crippen molar-refractivity contribution < 1.29 is 14.3 Å². The molecule has 1 N–H and O–H groups in total. The molecule has 9 heavy (non-hydrogen) atoms. The SMILES string of the molecule is COC1=NC(=O)C(=O)N1. The topological polar surface area (TPSA) is 67.8 Å². The Morgan fingerprint density at radius 3 is 2.44 bits per heavy atom. The molecule has 0 aromatic rings. The summed E-state index contributed by atoms with van der Waals surface area (Å²) in [5.74, 6) is -1.56. The second kappa shape index (κ2) is 1.85. The summed E-state index contributed by atoms with van der Waals surface area (Å²) >= 11 is 0. The van der Waals surface area contributed by atoms with E-state index in [1.807, 2.05) is 0 Å². The third-order valence-electron chi connectivity index (χ3n) is 0.811. The zero-order chi connectivity index (χ0) is 6.85. The molecule has 1 aliphatic heterocycles. The lowest BCUT2D eigenvalue weighted by Gasteiger charge is -1.92. The summed E-state index contributed by atoms with van der Waals surface area (Å²) in [5, 5.41) is 2.09. The van der Waals surface area contributed by atoms with E-state index in [0.717, 1.165) is 0 Å². The molecule has 0 radical (unpaired) electrons. The van der Waals surface area contributed by atoms with Crippen LogP contribution in [0.15, 0.2) is 4.99 Å². The maximum Gasteiger partial charge on any atom is 0.340 e. The van der Waals surface area contributed by atoms with Crippen LogP contribution in [0.4, 0.5) is 0 Å². The first-order chi connectivity index (χ1) is 4.24. The van der Waals surface area contributed by atoms with Gasteiger partial charge >= 0.3 is 11.8 Å². The van der Waals surface area contributed by atoms with Gasteiger partial charge in [-0.15, -0.1) is 0 Å². The van der Waals surface area contributed by atoms with Crippen molar-refractivity contribution in [2.45, 2.75) is 0 Å². The molecular weight excluding hydrogens is 124 g/mol. The molecule has 0 aromatic carbocycles. The minimum Gasteiger partial charge on any atom is -0.468 e. The molecule has 0 fully saturated rings. The van der Waals surface area contributed by atoms with Crippen LogP contribution >= 0.6 is 0 Å². The van der Waals surface area contributed by atoms with Gasteiger partial charge in [-0.05, 0) is 0 Å². The van der Waals surface area contributed by atoms with E-state index in [9.17, 15) is 9.59 Å². The fourth-order valence-corrected chi connectivity index (χ4v) is 0.418. The van der Waals surface area contributed by atoms with Gasteiger partial charge in [0.05, 0.1) is 7.11 Å². The fourth-order valence-electron chi connectivity index (χ4n) is 0.418. The summed E-state index contributed by atoms with van der Waals surface area (Å²) in [6, 6.07) is -0.0370. The quantitative estimate of drug-likeness (QED) is 0.410. The van der Waals surface area contributed by atoms with Crippen LogP contribution in [0, 0.1) is 0 Å². The molecule has 0 aromatic heterocycles. The molecule has 0 bridgehead atoms. The summed E-state index contributed by atoms with van der Waals surface area (Å²) in [7, 11) is 1.32. The van der Waals surface area contributed by atoms with Crippen molar-refractivity contribution in [3.63, 3.8) is 0 Å². The van der Waals surface area contributed by atoms with Gasteiger partial charge in [0.25, 0.3) is 6.02 Å². The minimum atomic E-state index is -0.813. The monoisotopic (exact) mass is 128 g/mol. The van der Waals surface area contributed by atoms with Gasteiger partial charge in [0.1, 0.15) is 0 Å². The Morgan fingerprint density at radius 2 is 2.22 bits per heavy atom. The number of ether oxygens (including phenoxy) is 1. The van der Waals surface area contributed by atoms with Crippen molar-refractivity contribution >= 4 is 17.8 Å². The molecule has 1 rings (SSSR count). The summed E-state index contributed by atoms with van der Waals surface area (Å²) < 4.78 is 4.45. The van der Waals surface area contributed by atoms with Crippen LogP contribution in [0.5, 0.6) is 0 Å². The van der Waals surface area contributed by atoms with Crippen molar-refractivity contribution in [3.8, 4) is 0 Å². The number of amidine groups is 1. The van der Waals surface area contributed by atoms with Crippen molar-refractivity contribution in [1.82, 2.24) is 5.32 Å². The zero-order valence-electron chi connectivity index (χ0n) is 4.67. The van der Waals surface area contributed by atoms with Crippen LogP contribution in [0.2, 0.25) is 0 Å². The molecule has 0 atom stereocenters. The Bertz CT molecular complexity index is 196. The summed E-state index contributed by atoms with van der Waals surface area (Å²) in [4.78, 5) is 23.7. The third kappa shape index (κ3) is 0.883. The third-order valence-corrected chi connectivity index (χ3v) is 0.811. The van der Waals surface area contributed by atoms with E-state index in [0.29, 0.717) is 0 Å². The lowest BCUT2D eigenvalue weighted by atomic mass is 10.6. The smallest absolute Gasteiger partial charge is 0.340 e. The largest absolute Gasteiger partial charge is 0.468 e. The van der Waals surface area contributed by atoms with Crippen LogP contribution in [0.25, 0.3) is 0 Å². The van der Waals surface area contributed by atoms with E-state index < -0.39 is 11.8 Å². The second-order valence-corrected chi connectivity index (χ2v) is 1.38. The first kappa shape index (κ1) is 5.74. The minimum absolute atomic E-state index is 0.0370. The van der Waals surface area contributed by atoms with Gasteiger partial charge in [-0.25, -0.2) is 0 Å². The maximum absolute atomic E-state index is 10.3. The maximum atomic E-state index is 10.3. The first-order valence-electron chi connectivity index (χ1n) is 2.22. The van der Waals surface area contributed by atoms with E-state index in [1.54, 1.807) is 0 Å². The van der Waals surface area contributed by atoms with E-state index in [4.69, 9.17) is 0 Å². The Labute approximate surface area is 50.7 Å². The van der Waals surface area contributed by atoms with Gasteiger partial charge in [0, 0.05) is 0 Å². The molecule has 0 saturated carbocycles. The molecule has 0 spiro atoms. The van der Waals surface area contributed by atoms with Gasteiger partial charge in [0.2, 0.25) is 0 Å². The predicted molar refractivity (Wildman–Crippen MR) is 27.6 cm³/mol. The van der Waals surface area contributed by atoms with Crippen LogP contribution in [0.3, 0.4) is 0 Å². The van der Waals surface area contributed by atoms with Gasteiger partial charge < -0.3 is 4.74 Å². The van der Waals surface area contributed by atoms with Crippen LogP contribution in [-0.4, -0.2) is 24.9 Å². The molecule has 1 heterocycles. The molecule has 0 aliphatic carbocycles. The Balaban J connectivity index is 2.74. The normalized spacial score (nSPS) is 17.2. The van der Waals surface area contributed by atoms with E-state index in [2.05, 4.69) is 15.0 Å². The highest BCUT2D eigenvalue weighted by atomic mass is 16.5. The summed E-state index contributed by atoms with van der Waals surface area (Å²) in [6.07, 6.45) is 0. The second-order valence-electron chi connectivity index (χ2n) is 1.38. The number of rotatable bonds is 0. The average Bonchev–Trinajstić information content (AvgIpc) is 2.13. The van der Waals surface area contributed by atoms with Crippen molar-refractivity contribution in [1.29, 1.82) is 0 Å². The number of carbonyl (C=O) groups is 2. The molecule has 0 unspecified atom stereocenters. The Hall–Kier alpha value is -1.39. The van der Waals surface area contributed by atoms with E-state index in [-0.39, 0.29) is 6.02 Å². The van der Waals surface area contributed by atoms with Gasteiger partial charge in [-0.3, -0.25) is 14.9 Å². The van der Waals surface area contributed by atoms with Gasteiger partial charge in [0.15, 0.2) is 0 Å². The Kier molecular flexibility index (Phi) is 1.18. The number of carbonyl (C=O) groups excluding carboxylic acids is 2. The molecule has 5 nitrogen and oxygen atoms in total. The number of aliphatic imine (C=N–C) groups is 1. The van der Waals surface area contributed by atoms with Gasteiger partial charge in [-0.2, -0.15) is 4.99 Å². The number of methoxy groups -OCH3 is 1. The molecule has 2 amide bonds. The highest BCUT2D eigenvalue weighted by molar-refractivity contribution is 6.43. The molecular formula is C4H4N2O3. The lowest BCUT2D eigenvalue weighted by Crippen LogP contribution is -2.27. The lowest BCUT2D eigenvalue weighted by molar-refractivity contribution is -0.135. The van der Waals surface area contributed by atoms with Crippen LogP contribution in [-0.2, 0) is 14.3 Å². The molecule has 1 aliphatic rings. The predicted octanol–water partition coefficient (Wildman–Crippen LogP) is -1.35. The van der Waals surface area contributed by atoms with Gasteiger partial charge in [-0.1, -0.05) is 0 Å². The van der Waals surface area contributed by atoms with Crippen LogP contribution in [0.1, 0.15) is 0 Å². The highest BCUT2D eigenvalue weighted by Crippen LogP contribution is 1.88. The molecule has 0 saturated heterocycles. The van der Waals surface area contributed by atoms with Crippen molar-refractivity contribution in [2.24, 2.45) is 4.99 Å². The van der Waals surface area contributed by atoms with Crippen LogP contribution < -0.4 is 5.32 Å².